The summed E-state index contributed by atoms with van der Waals surface area (Å²) in [5.74, 6) is 0.00853. The molecule has 0 unspecified atom stereocenters. The van der Waals surface area contributed by atoms with Crippen LogP contribution in [-0.4, -0.2) is 22.8 Å². The van der Waals surface area contributed by atoms with Crippen molar-refractivity contribution >= 4 is 40.9 Å². The number of benzene rings is 1. The van der Waals surface area contributed by atoms with Crippen LogP contribution < -0.4 is 4.90 Å². The van der Waals surface area contributed by atoms with Crippen LogP contribution in [0.1, 0.15) is 6.92 Å². The van der Waals surface area contributed by atoms with Gasteiger partial charge in [0, 0.05) is 5.02 Å². The van der Waals surface area contributed by atoms with E-state index in [4.69, 9.17) is 11.6 Å². The third-order valence-corrected chi connectivity index (χ3v) is 3.73. The zero-order valence-electron chi connectivity index (χ0n) is 8.64. The first kappa shape index (κ1) is 11.5. The molecule has 16 heavy (non-hydrogen) atoms. The Labute approximate surface area is 103 Å². The number of rotatable bonds is 1. The van der Waals surface area contributed by atoms with E-state index < -0.39 is 0 Å². The summed E-state index contributed by atoms with van der Waals surface area (Å²) < 4.78 is 0. The molecule has 0 aliphatic carbocycles. The van der Waals surface area contributed by atoms with Gasteiger partial charge < -0.3 is 0 Å². The minimum Gasteiger partial charge on any atom is -0.273 e. The van der Waals surface area contributed by atoms with Crippen LogP contribution in [0.2, 0.25) is 5.02 Å². The van der Waals surface area contributed by atoms with E-state index in [2.05, 4.69) is 0 Å². The molecular formula is C11H10ClNO2S. The lowest BCUT2D eigenvalue weighted by atomic mass is 10.2. The second kappa shape index (κ2) is 4.47. The molecule has 0 aromatic heterocycles. The van der Waals surface area contributed by atoms with Crippen LogP contribution in [0, 0.1) is 0 Å². The van der Waals surface area contributed by atoms with Gasteiger partial charge in [-0.3, -0.25) is 9.59 Å². The molecule has 1 saturated heterocycles. The van der Waals surface area contributed by atoms with E-state index in [-0.39, 0.29) is 17.1 Å². The molecule has 1 heterocycles. The van der Waals surface area contributed by atoms with Crippen LogP contribution in [0.4, 0.5) is 5.69 Å². The van der Waals surface area contributed by atoms with Crippen molar-refractivity contribution in [1.82, 2.24) is 0 Å². The maximum Gasteiger partial charge on any atom is 0.246 e. The van der Waals surface area contributed by atoms with Crippen molar-refractivity contribution in [2.75, 3.05) is 10.7 Å². The summed E-state index contributed by atoms with van der Waals surface area (Å²) in [4.78, 5) is 24.8. The van der Waals surface area contributed by atoms with Crippen LogP contribution in [-0.2, 0) is 9.59 Å². The van der Waals surface area contributed by atoms with Gasteiger partial charge in [0.1, 0.15) is 0 Å². The average molecular weight is 256 g/mol. The van der Waals surface area contributed by atoms with Crippen molar-refractivity contribution in [2.24, 2.45) is 0 Å². The van der Waals surface area contributed by atoms with Gasteiger partial charge in [-0.2, -0.15) is 0 Å². The number of anilines is 1. The lowest BCUT2D eigenvalue weighted by Crippen LogP contribution is -2.46. The highest BCUT2D eigenvalue weighted by Crippen LogP contribution is 2.26. The largest absolute Gasteiger partial charge is 0.273 e. The fourth-order valence-corrected chi connectivity index (χ4v) is 2.39. The molecule has 1 fully saturated rings. The molecule has 5 heteroatoms. The molecule has 1 aromatic carbocycles. The topological polar surface area (TPSA) is 37.4 Å². The smallest absolute Gasteiger partial charge is 0.246 e. The molecule has 2 amide bonds. The van der Waals surface area contributed by atoms with Crippen LogP contribution in [0.25, 0.3) is 0 Å². The van der Waals surface area contributed by atoms with Crippen LogP contribution in [0.3, 0.4) is 0 Å². The van der Waals surface area contributed by atoms with E-state index in [9.17, 15) is 9.59 Å². The number of carbonyl (C=O) groups is 2. The summed E-state index contributed by atoms with van der Waals surface area (Å²) in [5.41, 5.74) is 0.589. The zero-order chi connectivity index (χ0) is 11.7. The number of thioether (sulfide) groups is 1. The van der Waals surface area contributed by atoms with Crippen molar-refractivity contribution in [3.8, 4) is 0 Å². The number of amides is 2. The lowest BCUT2D eigenvalue weighted by Gasteiger charge is -2.28. The Bertz CT molecular complexity index is 432. The first-order chi connectivity index (χ1) is 7.59. The molecule has 0 bridgehead atoms. The third kappa shape index (κ3) is 2.08. The van der Waals surface area contributed by atoms with Gasteiger partial charge in [0.15, 0.2) is 0 Å². The van der Waals surface area contributed by atoms with E-state index in [1.165, 1.54) is 16.7 Å². The molecule has 84 valence electrons. The Kier molecular flexibility index (Phi) is 3.21. The van der Waals surface area contributed by atoms with E-state index >= 15 is 0 Å². The molecule has 0 spiro atoms. The van der Waals surface area contributed by atoms with Gasteiger partial charge in [-0.1, -0.05) is 11.6 Å². The van der Waals surface area contributed by atoms with Crippen molar-refractivity contribution in [3.05, 3.63) is 29.3 Å². The summed E-state index contributed by atoms with van der Waals surface area (Å²) in [6.45, 7) is 1.81. The monoisotopic (exact) mass is 255 g/mol. The number of nitrogens with zero attached hydrogens (tertiary/aromatic N) is 1. The van der Waals surface area contributed by atoms with Crippen LogP contribution in [0.5, 0.6) is 0 Å². The van der Waals surface area contributed by atoms with Gasteiger partial charge in [0.05, 0.1) is 16.7 Å². The first-order valence-electron chi connectivity index (χ1n) is 4.83. The van der Waals surface area contributed by atoms with Gasteiger partial charge in [-0.25, -0.2) is 4.90 Å². The van der Waals surface area contributed by atoms with E-state index in [1.54, 1.807) is 24.3 Å². The molecular weight excluding hydrogens is 246 g/mol. The van der Waals surface area contributed by atoms with Gasteiger partial charge in [-0.05, 0) is 31.2 Å². The molecule has 0 radical (unpaired) electrons. The first-order valence-corrected chi connectivity index (χ1v) is 6.26. The van der Waals surface area contributed by atoms with Crippen LogP contribution >= 0.6 is 23.4 Å². The highest BCUT2D eigenvalue weighted by atomic mass is 35.5. The third-order valence-electron chi connectivity index (χ3n) is 2.36. The molecule has 1 atom stereocenters. The van der Waals surface area contributed by atoms with Crippen molar-refractivity contribution in [2.45, 2.75) is 12.2 Å². The standard InChI is InChI=1S/C11H10ClNO2S/c1-7-11(15)13(10(14)6-16-7)9-4-2-8(12)3-5-9/h2-5,7H,6H2,1H3/t7-/m0/s1. The highest BCUT2D eigenvalue weighted by Gasteiger charge is 2.33. The SMILES string of the molecule is C[C@@H]1SCC(=O)N(c2ccc(Cl)cc2)C1=O. The number of halogens is 1. The Morgan fingerprint density at radius 1 is 1.31 bits per heavy atom. The summed E-state index contributed by atoms with van der Waals surface area (Å²) in [5, 5.41) is 0.413. The fraction of sp³-hybridized carbons (Fsp3) is 0.273. The predicted octanol–water partition coefficient (Wildman–Crippen LogP) is 2.33. The van der Waals surface area contributed by atoms with Crippen molar-refractivity contribution < 1.29 is 9.59 Å². The molecule has 3 nitrogen and oxygen atoms in total. The Hall–Kier alpha value is -1.00. The molecule has 0 saturated carbocycles. The Morgan fingerprint density at radius 2 is 1.94 bits per heavy atom. The Morgan fingerprint density at radius 3 is 2.56 bits per heavy atom. The molecule has 1 aliphatic rings. The van der Waals surface area contributed by atoms with Gasteiger partial charge in [0.2, 0.25) is 11.8 Å². The average Bonchev–Trinajstić information content (AvgIpc) is 2.27. The highest BCUT2D eigenvalue weighted by molar-refractivity contribution is 8.01. The van der Waals surface area contributed by atoms with Gasteiger partial charge in [-0.15, -0.1) is 11.8 Å². The molecule has 0 N–H and O–H groups in total. The van der Waals surface area contributed by atoms with Crippen molar-refractivity contribution in [3.63, 3.8) is 0 Å². The Balaban J connectivity index is 2.34. The second-order valence-electron chi connectivity index (χ2n) is 3.50. The quantitative estimate of drug-likeness (QED) is 0.723. The minimum absolute atomic E-state index is 0.163. The molecule has 1 aliphatic heterocycles. The summed E-state index contributed by atoms with van der Waals surface area (Å²) in [6.07, 6.45) is 0. The zero-order valence-corrected chi connectivity index (χ0v) is 10.2. The predicted molar refractivity (Wildman–Crippen MR) is 65.9 cm³/mol. The van der Waals surface area contributed by atoms with Crippen LogP contribution in [0.15, 0.2) is 24.3 Å². The van der Waals surface area contributed by atoms with Gasteiger partial charge >= 0.3 is 0 Å². The summed E-state index contributed by atoms with van der Waals surface area (Å²) >= 11 is 7.13. The van der Waals surface area contributed by atoms with Gasteiger partial charge in [0.25, 0.3) is 0 Å². The van der Waals surface area contributed by atoms with E-state index in [1.807, 2.05) is 6.92 Å². The number of hydrogen-bond acceptors (Lipinski definition) is 3. The normalized spacial score (nSPS) is 21.4. The summed E-state index contributed by atoms with van der Waals surface area (Å²) in [6, 6.07) is 6.70. The number of hydrogen-bond donors (Lipinski definition) is 0. The molecule has 1 aromatic rings. The second-order valence-corrected chi connectivity index (χ2v) is 5.26. The van der Waals surface area contributed by atoms with Crippen molar-refractivity contribution in [1.29, 1.82) is 0 Å². The number of imide groups is 1. The lowest BCUT2D eigenvalue weighted by molar-refractivity contribution is -0.125. The maximum atomic E-state index is 11.9. The fourth-order valence-electron chi connectivity index (χ4n) is 1.50. The number of carbonyl (C=O) groups excluding carboxylic acids is 2. The maximum absolute atomic E-state index is 11.9. The summed E-state index contributed by atoms with van der Waals surface area (Å²) in [7, 11) is 0. The van der Waals surface area contributed by atoms with E-state index in [0.29, 0.717) is 16.5 Å². The molecule has 2 rings (SSSR count). The van der Waals surface area contributed by atoms with E-state index in [0.717, 1.165) is 0 Å². The minimum atomic E-state index is -0.173.